The minimum atomic E-state index is -2.85. The lowest BCUT2D eigenvalue weighted by Crippen LogP contribution is -2.17. The van der Waals surface area contributed by atoms with E-state index in [1.807, 2.05) is 24.3 Å². The van der Waals surface area contributed by atoms with Crippen LogP contribution in [0.1, 0.15) is 18.9 Å². The molecular formula is C12H16O3S. The van der Waals surface area contributed by atoms with Crippen LogP contribution in [0.4, 0.5) is 0 Å². The van der Waals surface area contributed by atoms with E-state index in [0.717, 1.165) is 12.2 Å². The highest BCUT2D eigenvalue weighted by Crippen LogP contribution is 2.20. The molecule has 1 aromatic rings. The van der Waals surface area contributed by atoms with Crippen molar-refractivity contribution in [3.8, 4) is 5.75 Å². The van der Waals surface area contributed by atoms with Crippen LogP contribution >= 0.6 is 0 Å². The summed E-state index contributed by atoms with van der Waals surface area (Å²) in [4.78, 5) is 0. The predicted molar refractivity (Wildman–Crippen MR) is 63.5 cm³/mol. The number of aryl methyl sites for hydroxylation is 1. The van der Waals surface area contributed by atoms with Crippen LogP contribution in [0.3, 0.4) is 0 Å². The van der Waals surface area contributed by atoms with Crippen LogP contribution in [0.5, 0.6) is 5.75 Å². The summed E-state index contributed by atoms with van der Waals surface area (Å²) < 4.78 is 28.1. The van der Waals surface area contributed by atoms with E-state index in [1.54, 1.807) is 0 Å². The van der Waals surface area contributed by atoms with Gasteiger partial charge < -0.3 is 4.74 Å². The summed E-state index contributed by atoms with van der Waals surface area (Å²) in [5.41, 5.74) is 1.26. The van der Waals surface area contributed by atoms with Crippen molar-refractivity contribution in [2.24, 2.45) is 0 Å². The Morgan fingerprint density at radius 3 is 2.50 bits per heavy atom. The van der Waals surface area contributed by atoms with Gasteiger partial charge in [-0.2, -0.15) is 0 Å². The molecule has 16 heavy (non-hydrogen) atoms. The molecule has 0 saturated carbocycles. The molecule has 4 heteroatoms. The number of rotatable bonds is 3. The molecule has 0 aliphatic carbocycles. The number of hydrogen-bond donors (Lipinski definition) is 0. The van der Waals surface area contributed by atoms with E-state index in [9.17, 15) is 8.42 Å². The average molecular weight is 240 g/mol. The van der Waals surface area contributed by atoms with Crippen LogP contribution < -0.4 is 4.74 Å². The monoisotopic (exact) mass is 240 g/mol. The second kappa shape index (κ2) is 4.45. The maximum absolute atomic E-state index is 11.3. The predicted octanol–water partition coefficient (Wildman–Crippen LogP) is 1.81. The zero-order valence-electron chi connectivity index (χ0n) is 9.35. The molecular weight excluding hydrogens is 224 g/mol. The fraction of sp³-hybridized carbons (Fsp3) is 0.500. The summed E-state index contributed by atoms with van der Waals surface area (Å²) in [5, 5.41) is 0. The van der Waals surface area contributed by atoms with E-state index in [1.165, 1.54) is 5.56 Å². The third-order valence-electron chi connectivity index (χ3n) is 2.83. The van der Waals surface area contributed by atoms with Crippen LogP contribution in [0, 0.1) is 0 Å². The van der Waals surface area contributed by atoms with Gasteiger partial charge in [-0.25, -0.2) is 8.42 Å². The molecule has 88 valence electrons. The summed E-state index contributed by atoms with van der Waals surface area (Å²) in [6.45, 7) is 2.10. The van der Waals surface area contributed by atoms with Crippen molar-refractivity contribution in [3.63, 3.8) is 0 Å². The molecule has 1 unspecified atom stereocenters. The Kier molecular flexibility index (Phi) is 3.19. The first-order valence-corrected chi connectivity index (χ1v) is 7.37. The van der Waals surface area contributed by atoms with Crippen molar-refractivity contribution in [2.75, 3.05) is 11.5 Å². The molecule has 1 heterocycles. The largest absolute Gasteiger partial charge is 0.489 e. The van der Waals surface area contributed by atoms with E-state index >= 15 is 0 Å². The topological polar surface area (TPSA) is 43.4 Å². The molecule has 1 aliphatic heterocycles. The van der Waals surface area contributed by atoms with Gasteiger partial charge in [0.1, 0.15) is 11.9 Å². The quantitative estimate of drug-likeness (QED) is 0.809. The second-order valence-corrected chi connectivity index (χ2v) is 6.37. The SMILES string of the molecule is CCc1ccc(OC2CCS(=O)(=O)C2)cc1. The molecule has 1 aliphatic rings. The van der Waals surface area contributed by atoms with E-state index in [2.05, 4.69) is 6.92 Å². The van der Waals surface area contributed by atoms with Gasteiger partial charge >= 0.3 is 0 Å². The molecule has 0 radical (unpaired) electrons. The minimum Gasteiger partial charge on any atom is -0.489 e. The lowest BCUT2D eigenvalue weighted by Gasteiger charge is -2.11. The fourth-order valence-corrected chi connectivity index (χ4v) is 3.44. The summed E-state index contributed by atoms with van der Waals surface area (Å²) >= 11 is 0. The first-order valence-electron chi connectivity index (χ1n) is 5.55. The van der Waals surface area contributed by atoms with Gasteiger partial charge in [-0.15, -0.1) is 0 Å². The fourth-order valence-electron chi connectivity index (χ4n) is 1.85. The molecule has 3 nitrogen and oxygen atoms in total. The van der Waals surface area contributed by atoms with Crippen molar-refractivity contribution >= 4 is 9.84 Å². The first kappa shape index (κ1) is 11.5. The zero-order valence-corrected chi connectivity index (χ0v) is 10.2. The number of ether oxygens (including phenoxy) is 1. The Balaban J connectivity index is 1.99. The third kappa shape index (κ3) is 2.76. The van der Waals surface area contributed by atoms with Gasteiger partial charge in [-0.1, -0.05) is 19.1 Å². The molecule has 1 fully saturated rings. The molecule has 0 N–H and O–H groups in total. The summed E-state index contributed by atoms with van der Waals surface area (Å²) in [7, 11) is -2.85. The normalized spacial score (nSPS) is 23.2. The van der Waals surface area contributed by atoms with Crippen molar-refractivity contribution in [3.05, 3.63) is 29.8 Å². The van der Waals surface area contributed by atoms with Crippen LogP contribution in [-0.4, -0.2) is 26.0 Å². The molecule has 1 atom stereocenters. The summed E-state index contributed by atoms with van der Waals surface area (Å²) in [6, 6.07) is 7.84. The summed E-state index contributed by atoms with van der Waals surface area (Å²) in [6.07, 6.45) is 1.44. The van der Waals surface area contributed by atoms with Gasteiger partial charge in [0.15, 0.2) is 9.84 Å². The van der Waals surface area contributed by atoms with Crippen molar-refractivity contribution in [1.82, 2.24) is 0 Å². The smallest absolute Gasteiger partial charge is 0.154 e. The zero-order chi connectivity index (χ0) is 11.6. The number of hydrogen-bond acceptors (Lipinski definition) is 3. The lowest BCUT2D eigenvalue weighted by molar-refractivity contribution is 0.229. The van der Waals surface area contributed by atoms with E-state index < -0.39 is 9.84 Å². The van der Waals surface area contributed by atoms with Gasteiger partial charge in [0, 0.05) is 0 Å². The van der Waals surface area contributed by atoms with E-state index in [0.29, 0.717) is 6.42 Å². The molecule has 2 rings (SSSR count). The first-order chi connectivity index (χ1) is 7.59. The highest BCUT2D eigenvalue weighted by atomic mass is 32.2. The van der Waals surface area contributed by atoms with Gasteiger partial charge in [0.05, 0.1) is 11.5 Å². The van der Waals surface area contributed by atoms with Gasteiger partial charge in [-0.3, -0.25) is 0 Å². The molecule has 1 saturated heterocycles. The highest BCUT2D eigenvalue weighted by molar-refractivity contribution is 7.91. The van der Waals surface area contributed by atoms with Crippen molar-refractivity contribution in [2.45, 2.75) is 25.9 Å². The Morgan fingerprint density at radius 1 is 1.31 bits per heavy atom. The Labute approximate surface area is 96.4 Å². The molecule has 1 aromatic carbocycles. The van der Waals surface area contributed by atoms with Crippen LogP contribution in [0.25, 0.3) is 0 Å². The van der Waals surface area contributed by atoms with Crippen molar-refractivity contribution < 1.29 is 13.2 Å². The summed E-state index contributed by atoms with van der Waals surface area (Å²) in [5.74, 6) is 1.17. The Hall–Kier alpha value is -1.03. The Bertz CT molecular complexity index is 448. The van der Waals surface area contributed by atoms with Gasteiger partial charge in [-0.05, 0) is 30.5 Å². The second-order valence-electron chi connectivity index (χ2n) is 4.14. The van der Waals surface area contributed by atoms with Gasteiger partial charge in [0.25, 0.3) is 0 Å². The minimum absolute atomic E-state index is 0.155. The van der Waals surface area contributed by atoms with Gasteiger partial charge in [0.2, 0.25) is 0 Å². The van der Waals surface area contributed by atoms with Crippen LogP contribution in [-0.2, 0) is 16.3 Å². The highest BCUT2D eigenvalue weighted by Gasteiger charge is 2.29. The third-order valence-corrected chi connectivity index (χ3v) is 4.56. The van der Waals surface area contributed by atoms with Crippen molar-refractivity contribution in [1.29, 1.82) is 0 Å². The van der Waals surface area contributed by atoms with Crippen LogP contribution in [0.2, 0.25) is 0 Å². The average Bonchev–Trinajstić information content (AvgIpc) is 2.59. The Morgan fingerprint density at radius 2 is 2.00 bits per heavy atom. The molecule has 0 amide bonds. The van der Waals surface area contributed by atoms with Crippen LogP contribution in [0.15, 0.2) is 24.3 Å². The lowest BCUT2D eigenvalue weighted by atomic mass is 10.2. The standard InChI is InChI=1S/C12H16O3S/c1-2-10-3-5-11(6-4-10)15-12-7-8-16(13,14)9-12/h3-6,12H,2,7-9H2,1H3. The molecule has 0 aromatic heterocycles. The number of benzene rings is 1. The maximum Gasteiger partial charge on any atom is 0.154 e. The van der Waals surface area contributed by atoms with E-state index in [4.69, 9.17) is 4.74 Å². The van der Waals surface area contributed by atoms with E-state index in [-0.39, 0.29) is 17.6 Å². The maximum atomic E-state index is 11.3. The molecule has 0 bridgehead atoms. The molecule has 0 spiro atoms. The number of sulfone groups is 1.